The van der Waals surface area contributed by atoms with Gasteiger partial charge in [-0.1, -0.05) is 0 Å². The second-order valence-electron chi connectivity index (χ2n) is 4.26. The zero-order valence-corrected chi connectivity index (χ0v) is 11.6. The van der Waals surface area contributed by atoms with Gasteiger partial charge in [0, 0.05) is 13.0 Å². The molecule has 0 radical (unpaired) electrons. The topological polar surface area (TPSA) is 83.5 Å². The predicted octanol–water partition coefficient (Wildman–Crippen LogP) is 1.59. The maximum atomic E-state index is 13.1. The number of nitrogens with one attached hydrogen (secondary N) is 1. The van der Waals surface area contributed by atoms with Gasteiger partial charge in [-0.15, -0.1) is 0 Å². The number of hydrogen-bond donors (Lipinski definition) is 2. The zero-order valence-electron chi connectivity index (χ0n) is 10.7. The first-order chi connectivity index (χ1) is 8.74. The summed E-state index contributed by atoms with van der Waals surface area (Å²) in [5.74, 6) is -1.46. The first kappa shape index (κ1) is 15.6. The molecule has 1 rings (SSSR count). The Morgan fingerprint density at radius 1 is 1.32 bits per heavy atom. The van der Waals surface area contributed by atoms with E-state index in [1.54, 1.807) is 0 Å². The van der Waals surface area contributed by atoms with E-state index in [-0.39, 0.29) is 24.3 Å². The van der Waals surface area contributed by atoms with Crippen molar-refractivity contribution in [2.75, 3.05) is 6.54 Å². The highest BCUT2D eigenvalue weighted by atomic mass is 32.2. The lowest BCUT2D eigenvalue weighted by Gasteiger charge is -2.12. The van der Waals surface area contributed by atoms with Crippen molar-refractivity contribution in [2.45, 2.75) is 31.6 Å². The molecule has 0 amide bonds. The molecule has 0 aliphatic carbocycles. The first-order valence-electron chi connectivity index (χ1n) is 5.72. The van der Waals surface area contributed by atoms with Gasteiger partial charge in [0.15, 0.2) is 0 Å². The molecule has 0 aliphatic heterocycles. The molecule has 0 bridgehead atoms. The molecule has 0 atom stereocenters. The molecule has 1 aromatic carbocycles. The van der Waals surface area contributed by atoms with Crippen molar-refractivity contribution in [1.29, 1.82) is 0 Å². The van der Waals surface area contributed by atoms with E-state index < -0.39 is 21.8 Å². The Morgan fingerprint density at radius 2 is 1.84 bits per heavy atom. The molecule has 5 nitrogen and oxygen atoms in total. The van der Waals surface area contributed by atoms with Gasteiger partial charge in [-0.2, -0.15) is 0 Å². The van der Waals surface area contributed by atoms with Crippen molar-refractivity contribution in [3.05, 3.63) is 29.1 Å². The average molecular weight is 289 g/mol. The fourth-order valence-electron chi connectivity index (χ4n) is 1.84. The summed E-state index contributed by atoms with van der Waals surface area (Å²) in [6.07, 6.45) is 0.0950. The van der Waals surface area contributed by atoms with Crippen LogP contribution in [0.2, 0.25) is 0 Å². The van der Waals surface area contributed by atoms with Gasteiger partial charge < -0.3 is 5.11 Å². The number of aliphatic carboxylic acids is 1. The summed E-state index contributed by atoms with van der Waals surface area (Å²) in [7, 11) is -3.75. The summed E-state index contributed by atoms with van der Waals surface area (Å²) in [4.78, 5) is 10.4. The van der Waals surface area contributed by atoms with Crippen LogP contribution < -0.4 is 4.72 Å². The summed E-state index contributed by atoms with van der Waals surface area (Å²) in [6, 6.07) is 2.30. The Hall–Kier alpha value is -1.47. The van der Waals surface area contributed by atoms with Gasteiger partial charge in [-0.05, 0) is 43.5 Å². The molecule has 0 saturated heterocycles. The minimum Gasteiger partial charge on any atom is -0.481 e. The molecule has 106 valence electrons. The smallest absolute Gasteiger partial charge is 0.303 e. The van der Waals surface area contributed by atoms with Gasteiger partial charge in [0.2, 0.25) is 10.0 Å². The van der Waals surface area contributed by atoms with Crippen molar-refractivity contribution in [3.8, 4) is 0 Å². The molecule has 0 saturated carbocycles. The van der Waals surface area contributed by atoms with E-state index in [9.17, 15) is 17.6 Å². The Bertz CT molecular complexity index is 560. The van der Waals surface area contributed by atoms with Gasteiger partial charge in [-0.25, -0.2) is 17.5 Å². The molecular formula is C12H16FNO4S. The Kier molecular flexibility index (Phi) is 5.02. The van der Waals surface area contributed by atoms with Crippen molar-refractivity contribution in [1.82, 2.24) is 4.72 Å². The third kappa shape index (κ3) is 4.29. The van der Waals surface area contributed by atoms with Crippen LogP contribution in [0.5, 0.6) is 0 Å². The Labute approximate surface area is 111 Å². The largest absolute Gasteiger partial charge is 0.481 e. The van der Waals surface area contributed by atoms with Crippen LogP contribution in [0.25, 0.3) is 0 Å². The lowest BCUT2D eigenvalue weighted by atomic mass is 10.1. The lowest BCUT2D eigenvalue weighted by Crippen LogP contribution is -2.26. The SMILES string of the molecule is Cc1cc(F)cc(C)c1S(=O)(=O)NCCCC(=O)O. The molecule has 0 heterocycles. The third-order valence-electron chi connectivity index (χ3n) is 2.55. The first-order valence-corrected chi connectivity index (χ1v) is 7.20. The van der Waals surface area contributed by atoms with Gasteiger partial charge in [0.1, 0.15) is 5.82 Å². The summed E-state index contributed by atoms with van der Waals surface area (Å²) < 4.78 is 39.5. The zero-order chi connectivity index (χ0) is 14.6. The minimum atomic E-state index is -3.75. The van der Waals surface area contributed by atoms with Gasteiger partial charge in [0.05, 0.1) is 4.90 Å². The van der Waals surface area contributed by atoms with Gasteiger partial charge in [-0.3, -0.25) is 4.79 Å². The van der Waals surface area contributed by atoms with Crippen LogP contribution in [-0.2, 0) is 14.8 Å². The summed E-state index contributed by atoms with van der Waals surface area (Å²) in [6.45, 7) is 3.06. The van der Waals surface area contributed by atoms with E-state index in [2.05, 4.69) is 4.72 Å². The Morgan fingerprint density at radius 3 is 2.32 bits per heavy atom. The van der Waals surface area contributed by atoms with E-state index in [0.717, 1.165) is 12.1 Å². The molecule has 7 heteroatoms. The van der Waals surface area contributed by atoms with Crippen LogP contribution in [0.3, 0.4) is 0 Å². The van der Waals surface area contributed by atoms with Gasteiger partial charge >= 0.3 is 5.97 Å². The van der Waals surface area contributed by atoms with Crippen molar-refractivity contribution in [2.24, 2.45) is 0 Å². The molecule has 0 fully saturated rings. The number of carboxylic acids is 1. The van der Waals surface area contributed by atoms with Crippen LogP contribution in [0.1, 0.15) is 24.0 Å². The quantitative estimate of drug-likeness (QED) is 0.779. The number of halogens is 1. The number of benzene rings is 1. The highest BCUT2D eigenvalue weighted by Gasteiger charge is 2.19. The number of sulfonamides is 1. The molecular weight excluding hydrogens is 273 g/mol. The second-order valence-corrected chi connectivity index (χ2v) is 5.97. The number of aryl methyl sites for hydroxylation is 2. The van der Waals surface area contributed by atoms with E-state index in [0.29, 0.717) is 11.1 Å². The summed E-state index contributed by atoms with van der Waals surface area (Å²) in [5.41, 5.74) is 0.645. The van der Waals surface area contributed by atoms with E-state index in [1.165, 1.54) is 13.8 Å². The molecule has 19 heavy (non-hydrogen) atoms. The summed E-state index contributed by atoms with van der Waals surface area (Å²) >= 11 is 0. The molecule has 0 aromatic heterocycles. The van der Waals surface area contributed by atoms with Crippen molar-refractivity contribution >= 4 is 16.0 Å². The van der Waals surface area contributed by atoms with Crippen LogP contribution >= 0.6 is 0 Å². The molecule has 0 aliphatic rings. The fraction of sp³-hybridized carbons (Fsp3) is 0.417. The second kappa shape index (κ2) is 6.12. The number of rotatable bonds is 6. The monoisotopic (exact) mass is 289 g/mol. The molecule has 0 spiro atoms. The molecule has 1 aromatic rings. The average Bonchev–Trinajstić information content (AvgIpc) is 2.22. The van der Waals surface area contributed by atoms with E-state index >= 15 is 0 Å². The van der Waals surface area contributed by atoms with Crippen LogP contribution in [0, 0.1) is 19.7 Å². The van der Waals surface area contributed by atoms with E-state index in [1.807, 2.05) is 0 Å². The highest BCUT2D eigenvalue weighted by molar-refractivity contribution is 7.89. The number of carbonyl (C=O) groups is 1. The van der Waals surface area contributed by atoms with Crippen molar-refractivity contribution in [3.63, 3.8) is 0 Å². The maximum absolute atomic E-state index is 13.1. The third-order valence-corrected chi connectivity index (χ3v) is 4.32. The number of carboxylic acid groups (broad SMARTS) is 1. The molecule has 0 unspecified atom stereocenters. The van der Waals surface area contributed by atoms with Crippen LogP contribution in [-0.4, -0.2) is 26.0 Å². The van der Waals surface area contributed by atoms with Gasteiger partial charge in [0.25, 0.3) is 0 Å². The standard InChI is InChI=1S/C12H16FNO4S/c1-8-6-10(13)7-9(2)12(8)19(17,18)14-5-3-4-11(15)16/h6-7,14H,3-5H2,1-2H3,(H,15,16). The molecule has 2 N–H and O–H groups in total. The predicted molar refractivity (Wildman–Crippen MR) is 67.9 cm³/mol. The maximum Gasteiger partial charge on any atom is 0.303 e. The van der Waals surface area contributed by atoms with Crippen LogP contribution in [0.15, 0.2) is 17.0 Å². The highest BCUT2D eigenvalue weighted by Crippen LogP contribution is 2.21. The van der Waals surface area contributed by atoms with E-state index in [4.69, 9.17) is 5.11 Å². The van der Waals surface area contributed by atoms with Crippen molar-refractivity contribution < 1.29 is 22.7 Å². The number of hydrogen-bond acceptors (Lipinski definition) is 3. The minimum absolute atomic E-state index is 0.0326. The normalized spacial score (nSPS) is 11.5. The fourth-order valence-corrected chi connectivity index (χ4v) is 3.36. The Balaban J connectivity index is 2.86. The summed E-state index contributed by atoms with van der Waals surface area (Å²) in [5, 5.41) is 8.46. The van der Waals surface area contributed by atoms with Crippen LogP contribution in [0.4, 0.5) is 4.39 Å². The lowest BCUT2D eigenvalue weighted by molar-refractivity contribution is -0.137.